The average molecular weight is 418 g/mol. The molecule has 0 aliphatic carbocycles. The smallest absolute Gasteiger partial charge is 0.314 e. The minimum Gasteiger partial charge on any atom is -0.314 e. The van der Waals surface area contributed by atoms with Crippen LogP contribution in [-0.2, 0) is 15.8 Å². The van der Waals surface area contributed by atoms with Gasteiger partial charge in [0, 0.05) is 24.9 Å². The standard InChI is InChI=1S/C17H12F6N4O2/c1-26(9-2-3-10(18)11(19)6-9)16(29)12-7-15(28)25-27(12)14-5-8(17(21,22)23)4-13(20)24-14/h2-6,12H,7H2,1H3,(H,25,28). The number of hydrogen-bond acceptors (Lipinski definition) is 4. The van der Waals surface area contributed by atoms with Crippen LogP contribution in [0.4, 0.5) is 37.8 Å². The second kappa shape index (κ2) is 7.26. The Morgan fingerprint density at radius 2 is 1.86 bits per heavy atom. The van der Waals surface area contributed by atoms with Crippen molar-refractivity contribution in [3.63, 3.8) is 0 Å². The van der Waals surface area contributed by atoms with E-state index in [0.29, 0.717) is 11.1 Å². The molecule has 1 atom stereocenters. The van der Waals surface area contributed by atoms with E-state index in [9.17, 15) is 35.9 Å². The van der Waals surface area contributed by atoms with Crippen LogP contribution in [0, 0.1) is 17.6 Å². The van der Waals surface area contributed by atoms with Gasteiger partial charge in [0.2, 0.25) is 11.9 Å². The minimum atomic E-state index is -4.88. The van der Waals surface area contributed by atoms with Gasteiger partial charge in [-0.25, -0.2) is 13.8 Å². The van der Waals surface area contributed by atoms with Gasteiger partial charge in [-0.1, -0.05) is 0 Å². The molecule has 0 bridgehead atoms. The number of carbonyl (C=O) groups is 2. The number of anilines is 2. The molecule has 2 amide bonds. The number of hydrogen-bond donors (Lipinski definition) is 1. The molecule has 1 aliphatic rings. The zero-order valence-corrected chi connectivity index (χ0v) is 14.6. The Labute approximate surface area is 159 Å². The van der Waals surface area contributed by atoms with E-state index in [1.165, 1.54) is 7.05 Å². The summed E-state index contributed by atoms with van der Waals surface area (Å²) in [5.41, 5.74) is 0.731. The zero-order valence-electron chi connectivity index (χ0n) is 14.6. The van der Waals surface area contributed by atoms with Gasteiger partial charge in [0.05, 0.1) is 12.0 Å². The van der Waals surface area contributed by atoms with Crippen molar-refractivity contribution in [3.8, 4) is 0 Å². The zero-order chi connectivity index (χ0) is 21.5. The Morgan fingerprint density at radius 3 is 2.48 bits per heavy atom. The Kier molecular flexibility index (Phi) is 5.11. The fourth-order valence-corrected chi connectivity index (χ4v) is 2.75. The van der Waals surface area contributed by atoms with E-state index >= 15 is 0 Å². The first-order valence-electron chi connectivity index (χ1n) is 8.03. The number of hydrazine groups is 1. The number of nitrogens with zero attached hydrogens (tertiary/aromatic N) is 3. The van der Waals surface area contributed by atoms with Crippen molar-refractivity contribution in [2.45, 2.75) is 18.6 Å². The average Bonchev–Trinajstić information content (AvgIpc) is 3.03. The summed E-state index contributed by atoms with van der Waals surface area (Å²) in [5.74, 6) is -6.02. The van der Waals surface area contributed by atoms with Crippen LogP contribution in [0.1, 0.15) is 12.0 Å². The van der Waals surface area contributed by atoms with E-state index < -0.39 is 59.4 Å². The number of nitrogens with one attached hydrogen (secondary N) is 1. The molecule has 1 aromatic heterocycles. The number of pyridine rings is 1. The molecule has 1 fully saturated rings. The van der Waals surface area contributed by atoms with E-state index in [-0.39, 0.29) is 11.8 Å². The SMILES string of the molecule is CN(C(=O)C1CC(=O)NN1c1cc(C(F)(F)F)cc(F)n1)c1ccc(F)c(F)c1. The van der Waals surface area contributed by atoms with Gasteiger partial charge in [-0.15, -0.1) is 0 Å². The lowest BCUT2D eigenvalue weighted by molar-refractivity contribution is -0.137. The molecule has 29 heavy (non-hydrogen) atoms. The van der Waals surface area contributed by atoms with Crippen LogP contribution >= 0.6 is 0 Å². The van der Waals surface area contributed by atoms with Gasteiger partial charge in [-0.05, 0) is 18.2 Å². The quantitative estimate of drug-likeness (QED) is 0.615. The Balaban J connectivity index is 1.94. The number of aromatic nitrogens is 1. The van der Waals surface area contributed by atoms with Crippen LogP contribution in [-0.4, -0.2) is 29.9 Å². The van der Waals surface area contributed by atoms with Gasteiger partial charge in [-0.3, -0.25) is 20.0 Å². The Hall–Kier alpha value is -3.31. The van der Waals surface area contributed by atoms with Gasteiger partial charge in [0.15, 0.2) is 17.5 Å². The highest BCUT2D eigenvalue weighted by Gasteiger charge is 2.40. The third-order valence-electron chi connectivity index (χ3n) is 4.20. The van der Waals surface area contributed by atoms with Crippen LogP contribution < -0.4 is 15.3 Å². The van der Waals surface area contributed by atoms with Crippen molar-refractivity contribution >= 4 is 23.3 Å². The minimum absolute atomic E-state index is 0.0589. The molecule has 2 heterocycles. The summed E-state index contributed by atoms with van der Waals surface area (Å²) in [7, 11) is 1.20. The summed E-state index contributed by atoms with van der Waals surface area (Å²) in [6, 6.07) is 1.89. The van der Waals surface area contributed by atoms with E-state index in [2.05, 4.69) is 10.4 Å². The lowest BCUT2D eigenvalue weighted by Gasteiger charge is -2.28. The highest BCUT2D eigenvalue weighted by Crippen LogP contribution is 2.32. The van der Waals surface area contributed by atoms with Gasteiger partial charge < -0.3 is 4.90 Å². The van der Waals surface area contributed by atoms with Gasteiger partial charge in [0.25, 0.3) is 5.91 Å². The molecule has 154 valence electrons. The highest BCUT2D eigenvalue weighted by molar-refractivity contribution is 6.03. The summed E-state index contributed by atoms with van der Waals surface area (Å²) in [4.78, 5) is 28.8. The fourth-order valence-electron chi connectivity index (χ4n) is 2.75. The highest BCUT2D eigenvalue weighted by atomic mass is 19.4. The molecule has 12 heteroatoms. The van der Waals surface area contributed by atoms with Crippen LogP contribution in [0.2, 0.25) is 0 Å². The Bertz CT molecular complexity index is 981. The molecule has 2 aromatic rings. The molecule has 1 aliphatic heterocycles. The number of likely N-dealkylation sites (N-methyl/N-ethyl adjacent to an activating group) is 1. The predicted molar refractivity (Wildman–Crippen MR) is 88.0 cm³/mol. The maximum Gasteiger partial charge on any atom is 0.416 e. The predicted octanol–water partition coefficient (Wildman–Crippen LogP) is 2.79. The van der Waals surface area contributed by atoms with Crippen molar-refractivity contribution in [1.29, 1.82) is 0 Å². The molecular formula is C17H12F6N4O2. The number of halogens is 6. The summed E-state index contributed by atoms with van der Waals surface area (Å²) >= 11 is 0. The maximum atomic E-state index is 13.6. The van der Waals surface area contributed by atoms with E-state index in [4.69, 9.17) is 0 Å². The summed E-state index contributed by atoms with van der Waals surface area (Å²) in [5, 5.41) is 0.708. The molecule has 1 saturated heterocycles. The van der Waals surface area contributed by atoms with Crippen molar-refractivity contribution in [3.05, 3.63) is 53.5 Å². The summed E-state index contributed by atoms with van der Waals surface area (Å²) in [6.07, 6.45) is -5.35. The lowest BCUT2D eigenvalue weighted by atomic mass is 10.1. The largest absolute Gasteiger partial charge is 0.416 e. The molecule has 1 aromatic carbocycles. The van der Waals surface area contributed by atoms with Crippen LogP contribution in [0.3, 0.4) is 0 Å². The van der Waals surface area contributed by atoms with E-state index in [1.54, 1.807) is 0 Å². The summed E-state index contributed by atoms with van der Waals surface area (Å²) < 4.78 is 79.0. The normalized spacial score (nSPS) is 16.7. The topological polar surface area (TPSA) is 65.5 Å². The maximum absolute atomic E-state index is 13.6. The molecular weight excluding hydrogens is 406 g/mol. The van der Waals surface area contributed by atoms with Crippen molar-refractivity contribution < 1.29 is 35.9 Å². The fraction of sp³-hybridized carbons (Fsp3) is 0.235. The number of benzene rings is 1. The van der Waals surface area contributed by atoms with Crippen molar-refractivity contribution in [1.82, 2.24) is 10.4 Å². The van der Waals surface area contributed by atoms with Crippen LogP contribution in [0.25, 0.3) is 0 Å². The molecule has 3 rings (SSSR count). The number of amides is 2. The second-order valence-corrected chi connectivity index (χ2v) is 6.16. The lowest BCUT2D eigenvalue weighted by Crippen LogP contribution is -2.48. The number of carbonyl (C=O) groups excluding carboxylic acids is 2. The monoisotopic (exact) mass is 418 g/mol. The molecule has 0 spiro atoms. The van der Waals surface area contributed by atoms with Crippen molar-refractivity contribution in [2.75, 3.05) is 17.0 Å². The second-order valence-electron chi connectivity index (χ2n) is 6.16. The molecule has 6 nitrogen and oxygen atoms in total. The van der Waals surface area contributed by atoms with Gasteiger partial charge in [-0.2, -0.15) is 17.6 Å². The van der Waals surface area contributed by atoms with Gasteiger partial charge >= 0.3 is 6.18 Å². The van der Waals surface area contributed by atoms with Crippen LogP contribution in [0.5, 0.6) is 0 Å². The van der Waals surface area contributed by atoms with E-state index in [0.717, 1.165) is 23.1 Å². The molecule has 1 unspecified atom stereocenters. The first kappa shape index (κ1) is 20.4. The molecule has 0 radical (unpaired) electrons. The first-order chi connectivity index (χ1) is 13.5. The third-order valence-corrected chi connectivity index (χ3v) is 4.20. The summed E-state index contributed by atoms with van der Waals surface area (Å²) in [6.45, 7) is 0. The number of alkyl halides is 3. The van der Waals surface area contributed by atoms with Crippen molar-refractivity contribution in [2.24, 2.45) is 0 Å². The van der Waals surface area contributed by atoms with Gasteiger partial charge in [0.1, 0.15) is 6.04 Å². The van der Waals surface area contributed by atoms with E-state index in [1.807, 2.05) is 0 Å². The Morgan fingerprint density at radius 1 is 1.17 bits per heavy atom. The first-order valence-corrected chi connectivity index (χ1v) is 8.03. The third kappa shape index (κ3) is 4.10. The number of rotatable bonds is 3. The van der Waals surface area contributed by atoms with Crippen LogP contribution in [0.15, 0.2) is 30.3 Å². The molecule has 1 N–H and O–H groups in total. The molecule has 0 saturated carbocycles.